The van der Waals surface area contributed by atoms with Crippen molar-refractivity contribution < 1.29 is 19.2 Å². The highest BCUT2D eigenvalue weighted by Crippen LogP contribution is 2.19. The summed E-state index contributed by atoms with van der Waals surface area (Å²) < 4.78 is 5.10. The van der Waals surface area contributed by atoms with Gasteiger partial charge >= 0.3 is 5.97 Å². The number of nitrogens with one attached hydrogen (secondary N) is 1. The van der Waals surface area contributed by atoms with Gasteiger partial charge in [-0.05, 0) is 31.1 Å². The van der Waals surface area contributed by atoms with Crippen molar-refractivity contribution >= 4 is 23.6 Å². The second-order valence-corrected chi connectivity index (χ2v) is 6.49. The van der Waals surface area contributed by atoms with Crippen molar-refractivity contribution in [2.45, 2.75) is 32.3 Å². The smallest absolute Gasteiger partial charge is 0.331 e. The lowest BCUT2D eigenvalue weighted by Gasteiger charge is -2.18. The first-order valence-electron chi connectivity index (χ1n) is 9.37. The summed E-state index contributed by atoms with van der Waals surface area (Å²) in [5.41, 5.74) is 1.29. The number of amides is 1. The third-order valence-corrected chi connectivity index (χ3v) is 4.48. The Hall–Kier alpha value is -3.48. The molecule has 2 rings (SSSR count). The number of nitro benzene ring substituents is 1. The number of carbonyl (C=O) groups is 2. The van der Waals surface area contributed by atoms with Gasteiger partial charge in [-0.25, -0.2) is 4.79 Å². The van der Waals surface area contributed by atoms with Crippen molar-refractivity contribution in [1.82, 2.24) is 5.32 Å². The fourth-order valence-electron chi connectivity index (χ4n) is 2.81. The molecule has 7 heteroatoms. The maximum absolute atomic E-state index is 12.2. The molecule has 29 heavy (non-hydrogen) atoms. The maximum Gasteiger partial charge on any atom is 0.331 e. The Balaban J connectivity index is 1.89. The number of benzene rings is 2. The Labute approximate surface area is 169 Å². The van der Waals surface area contributed by atoms with Crippen LogP contribution in [0.3, 0.4) is 0 Å². The van der Waals surface area contributed by atoms with Crippen molar-refractivity contribution in [3.05, 3.63) is 81.9 Å². The minimum absolute atomic E-state index is 0.117. The first-order valence-corrected chi connectivity index (χ1v) is 9.37. The topological polar surface area (TPSA) is 98.5 Å². The van der Waals surface area contributed by atoms with Crippen LogP contribution >= 0.6 is 0 Å². The molecule has 152 valence electrons. The van der Waals surface area contributed by atoms with Crippen molar-refractivity contribution in [2.75, 3.05) is 6.54 Å². The molecule has 2 aromatic carbocycles. The van der Waals surface area contributed by atoms with Gasteiger partial charge < -0.3 is 10.1 Å². The lowest BCUT2D eigenvalue weighted by Crippen LogP contribution is -2.37. The van der Waals surface area contributed by atoms with Gasteiger partial charge in [0.15, 0.2) is 6.10 Å². The number of rotatable bonds is 9. The van der Waals surface area contributed by atoms with Crippen LogP contribution in [0.15, 0.2) is 60.7 Å². The van der Waals surface area contributed by atoms with Crippen LogP contribution in [0, 0.1) is 10.1 Å². The Morgan fingerprint density at radius 3 is 2.45 bits per heavy atom. The van der Waals surface area contributed by atoms with Crippen LogP contribution in [0.2, 0.25) is 0 Å². The Kier molecular flexibility index (Phi) is 8.09. The van der Waals surface area contributed by atoms with E-state index in [0.717, 1.165) is 18.1 Å². The Morgan fingerprint density at radius 2 is 1.79 bits per heavy atom. The largest absolute Gasteiger partial charge is 0.449 e. The molecule has 0 aromatic heterocycles. The van der Waals surface area contributed by atoms with E-state index in [1.54, 1.807) is 12.1 Å². The Bertz CT molecular complexity index is 880. The number of carbonyl (C=O) groups excluding carboxylic acids is 2. The zero-order valence-corrected chi connectivity index (χ0v) is 16.4. The molecule has 2 atom stereocenters. The number of hydrogen-bond acceptors (Lipinski definition) is 5. The number of ether oxygens (including phenoxy) is 1. The molecule has 7 nitrogen and oxygen atoms in total. The fourth-order valence-corrected chi connectivity index (χ4v) is 2.81. The van der Waals surface area contributed by atoms with E-state index in [4.69, 9.17) is 4.74 Å². The summed E-state index contributed by atoms with van der Waals surface area (Å²) in [5, 5.41) is 13.8. The summed E-state index contributed by atoms with van der Waals surface area (Å²) in [6.45, 7) is 3.96. The third kappa shape index (κ3) is 6.57. The summed E-state index contributed by atoms with van der Waals surface area (Å²) >= 11 is 0. The van der Waals surface area contributed by atoms with Crippen LogP contribution in [0.4, 0.5) is 5.69 Å². The quantitative estimate of drug-likeness (QED) is 0.300. The molecule has 0 radical (unpaired) electrons. The van der Waals surface area contributed by atoms with E-state index in [2.05, 4.69) is 5.32 Å². The summed E-state index contributed by atoms with van der Waals surface area (Å²) in [6, 6.07) is 15.9. The average molecular weight is 396 g/mol. The molecule has 1 N–H and O–H groups in total. The summed E-state index contributed by atoms with van der Waals surface area (Å²) in [4.78, 5) is 34.7. The van der Waals surface area contributed by atoms with E-state index in [-0.39, 0.29) is 17.2 Å². The van der Waals surface area contributed by atoms with Crippen LogP contribution in [0.5, 0.6) is 0 Å². The van der Waals surface area contributed by atoms with Gasteiger partial charge in [0.25, 0.3) is 11.6 Å². The maximum atomic E-state index is 12.2. The van der Waals surface area contributed by atoms with E-state index in [1.807, 2.05) is 37.3 Å². The molecule has 0 unspecified atom stereocenters. The minimum Gasteiger partial charge on any atom is -0.449 e. The molecule has 0 aliphatic carbocycles. The van der Waals surface area contributed by atoms with E-state index >= 15 is 0 Å². The Morgan fingerprint density at radius 1 is 1.14 bits per heavy atom. The van der Waals surface area contributed by atoms with Gasteiger partial charge in [-0.15, -0.1) is 0 Å². The number of nitrogens with zero attached hydrogens (tertiary/aromatic N) is 1. The molecule has 0 saturated heterocycles. The van der Waals surface area contributed by atoms with Gasteiger partial charge in [0.05, 0.1) is 10.5 Å². The zero-order valence-electron chi connectivity index (χ0n) is 16.4. The van der Waals surface area contributed by atoms with E-state index in [9.17, 15) is 19.7 Å². The third-order valence-electron chi connectivity index (χ3n) is 4.48. The van der Waals surface area contributed by atoms with Crippen molar-refractivity contribution in [3.8, 4) is 0 Å². The van der Waals surface area contributed by atoms with Crippen LogP contribution in [-0.4, -0.2) is 29.4 Å². The van der Waals surface area contributed by atoms with E-state index in [1.165, 1.54) is 25.1 Å². The summed E-state index contributed by atoms with van der Waals surface area (Å²) in [6.07, 6.45) is 2.25. The number of para-hydroxylation sites is 1. The SMILES string of the molecule is CC[C@@H](CNC(=O)[C@@H](C)OC(=O)/C=C/c1ccccc1[N+](=O)[O-])c1ccccc1. The number of hydrogen-bond donors (Lipinski definition) is 1. The first-order chi connectivity index (χ1) is 13.9. The van der Waals surface area contributed by atoms with Crippen LogP contribution < -0.4 is 5.32 Å². The molecular weight excluding hydrogens is 372 g/mol. The molecule has 0 bridgehead atoms. The molecule has 0 aliphatic rings. The van der Waals surface area contributed by atoms with Gasteiger partial charge in [0.1, 0.15) is 0 Å². The van der Waals surface area contributed by atoms with Crippen molar-refractivity contribution in [3.63, 3.8) is 0 Å². The van der Waals surface area contributed by atoms with Gasteiger partial charge in [0.2, 0.25) is 0 Å². The molecule has 0 fully saturated rings. The first kappa shape index (κ1) is 21.8. The molecular formula is C22H24N2O5. The zero-order chi connectivity index (χ0) is 21.2. The lowest BCUT2D eigenvalue weighted by atomic mass is 9.96. The van der Waals surface area contributed by atoms with E-state index < -0.39 is 22.9 Å². The highest BCUT2D eigenvalue weighted by molar-refractivity contribution is 5.90. The van der Waals surface area contributed by atoms with Crippen LogP contribution in [-0.2, 0) is 14.3 Å². The van der Waals surface area contributed by atoms with Crippen molar-refractivity contribution in [2.24, 2.45) is 0 Å². The molecule has 0 heterocycles. The minimum atomic E-state index is -0.980. The molecule has 0 spiro atoms. The average Bonchev–Trinajstić information content (AvgIpc) is 2.73. The fraction of sp³-hybridized carbons (Fsp3) is 0.273. The summed E-state index contributed by atoms with van der Waals surface area (Å²) in [5.74, 6) is -0.977. The van der Waals surface area contributed by atoms with Crippen molar-refractivity contribution in [1.29, 1.82) is 0 Å². The van der Waals surface area contributed by atoms with Gasteiger partial charge in [0, 0.05) is 24.6 Å². The molecule has 1 amide bonds. The monoisotopic (exact) mass is 396 g/mol. The standard InChI is InChI=1S/C22H24N2O5/c1-3-17(18-9-5-4-6-10-18)15-23-22(26)16(2)29-21(25)14-13-19-11-7-8-12-20(19)24(27)28/h4-14,16-17H,3,15H2,1-2H3,(H,23,26)/b14-13+/t16-,17+/m1/s1. The molecule has 0 saturated carbocycles. The van der Waals surface area contributed by atoms with Gasteiger partial charge in [-0.2, -0.15) is 0 Å². The number of nitro groups is 1. The lowest BCUT2D eigenvalue weighted by molar-refractivity contribution is -0.385. The molecule has 2 aromatic rings. The van der Waals surface area contributed by atoms with Gasteiger partial charge in [-0.1, -0.05) is 49.4 Å². The number of esters is 1. The highest BCUT2D eigenvalue weighted by atomic mass is 16.6. The van der Waals surface area contributed by atoms with Crippen LogP contribution in [0.1, 0.15) is 37.3 Å². The normalized spacial score (nSPS) is 12.9. The predicted octanol–water partition coefficient (Wildman–Crippen LogP) is 3.85. The highest BCUT2D eigenvalue weighted by Gasteiger charge is 2.18. The second-order valence-electron chi connectivity index (χ2n) is 6.49. The summed E-state index contributed by atoms with van der Waals surface area (Å²) in [7, 11) is 0. The molecule has 0 aliphatic heterocycles. The predicted molar refractivity (Wildman–Crippen MR) is 110 cm³/mol. The van der Waals surface area contributed by atoms with E-state index in [0.29, 0.717) is 6.54 Å². The van der Waals surface area contributed by atoms with Crippen LogP contribution in [0.25, 0.3) is 6.08 Å². The van der Waals surface area contributed by atoms with Gasteiger partial charge in [-0.3, -0.25) is 14.9 Å². The second kappa shape index (κ2) is 10.8.